The molecule has 1 fully saturated rings. The van der Waals surface area contributed by atoms with Gasteiger partial charge in [-0.3, -0.25) is 0 Å². The lowest BCUT2D eigenvalue weighted by molar-refractivity contribution is 0.211. The Kier molecular flexibility index (Phi) is 3.87. The van der Waals surface area contributed by atoms with Gasteiger partial charge in [0.05, 0.1) is 27.9 Å². The van der Waals surface area contributed by atoms with Gasteiger partial charge in [0.1, 0.15) is 5.75 Å². The van der Waals surface area contributed by atoms with E-state index in [-0.39, 0.29) is 17.9 Å². The predicted molar refractivity (Wildman–Crippen MR) is 72.0 cm³/mol. The third kappa shape index (κ3) is 2.24. The minimum Gasteiger partial charge on any atom is -0.496 e. The van der Waals surface area contributed by atoms with Crippen LogP contribution in [0.25, 0.3) is 0 Å². The number of nitrogens with two attached hydrogens (primary N) is 1. The van der Waals surface area contributed by atoms with Crippen LogP contribution in [0.15, 0.2) is 12.1 Å². The summed E-state index contributed by atoms with van der Waals surface area (Å²) in [5.41, 5.74) is 6.57. The summed E-state index contributed by atoms with van der Waals surface area (Å²) in [7, 11) is 4.81. The van der Waals surface area contributed by atoms with E-state index in [4.69, 9.17) is 19.9 Å². The van der Waals surface area contributed by atoms with E-state index >= 15 is 0 Å². The first-order chi connectivity index (χ1) is 9.15. The van der Waals surface area contributed by atoms with Gasteiger partial charge in [0.25, 0.3) is 0 Å². The van der Waals surface area contributed by atoms with Crippen LogP contribution in [-0.4, -0.2) is 39.6 Å². The highest BCUT2D eigenvalue weighted by Gasteiger charge is 2.54. The molecule has 2 atom stereocenters. The third-order valence-corrected chi connectivity index (χ3v) is 4.02. The zero-order valence-corrected chi connectivity index (χ0v) is 11.6. The van der Waals surface area contributed by atoms with E-state index in [0.29, 0.717) is 18.0 Å². The number of benzene rings is 1. The van der Waals surface area contributed by atoms with Crippen LogP contribution in [0.2, 0.25) is 0 Å². The quantitative estimate of drug-likeness (QED) is 0.808. The second kappa shape index (κ2) is 5.27. The Hall–Kier alpha value is -1.46. The van der Waals surface area contributed by atoms with Crippen LogP contribution in [0.5, 0.6) is 17.2 Å². The first-order valence-electron chi connectivity index (χ1n) is 6.26. The van der Waals surface area contributed by atoms with Gasteiger partial charge in [-0.15, -0.1) is 0 Å². The molecule has 1 aromatic rings. The van der Waals surface area contributed by atoms with E-state index in [1.807, 2.05) is 12.1 Å². The largest absolute Gasteiger partial charge is 0.496 e. The monoisotopic (exact) mass is 267 g/mol. The van der Waals surface area contributed by atoms with Gasteiger partial charge in [0.15, 0.2) is 11.5 Å². The number of aliphatic hydroxyl groups excluding tert-OH is 1. The number of ether oxygens (including phenoxy) is 3. The molecule has 1 aliphatic rings. The standard InChI is InChI=1S/C14H21NO4/c1-17-11-5-13(19-3)12(18-2)4-9(11)10-6-14(10,7-15)8-16/h4-5,10,16H,6-8,15H2,1-3H3. The number of hydrogen-bond donors (Lipinski definition) is 2. The number of methoxy groups -OCH3 is 3. The zero-order chi connectivity index (χ0) is 14.0. The van der Waals surface area contributed by atoms with E-state index in [9.17, 15) is 5.11 Å². The van der Waals surface area contributed by atoms with Crippen molar-refractivity contribution in [2.75, 3.05) is 34.5 Å². The lowest BCUT2D eigenvalue weighted by atomic mass is 9.99. The highest BCUT2D eigenvalue weighted by Crippen LogP contribution is 2.61. The maximum atomic E-state index is 9.50. The molecule has 0 spiro atoms. The Labute approximate surface area is 113 Å². The van der Waals surface area contributed by atoms with E-state index in [1.165, 1.54) is 0 Å². The van der Waals surface area contributed by atoms with E-state index in [2.05, 4.69) is 0 Å². The molecule has 0 aliphatic heterocycles. The lowest BCUT2D eigenvalue weighted by Crippen LogP contribution is -2.21. The molecule has 2 unspecified atom stereocenters. The minimum absolute atomic E-state index is 0.0890. The molecular formula is C14H21NO4. The smallest absolute Gasteiger partial charge is 0.164 e. The normalized spacial score (nSPS) is 25.0. The summed E-state index contributed by atoms with van der Waals surface area (Å²) in [4.78, 5) is 0. The predicted octanol–water partition coefficient (Wildman–Crippen LogP) is 1.14. The Morgan fingerprint density at radius 3 is 2.16 bits per heavy atom. The van der Waals surface area contributed by atoms with Gasteiger partial charge in [-0.1, -0.05) is 0 Å². The highest BCUT2D eigenvalue weighted by molar-refractivity contribution is 5.54. The lowest BCUT2D eigenvalue weighted by Gasteiger charge is -2.16. The Balaban J connectivity index is 2.40. The maximum absolute atomic E-state index is 9.50. The molecule has 3 N–H and O–H groups in total. The SMILES string of the molecule is COc1cc(OC)c(C2CC2(CN)CO)cc1OC. The molecule has 5 nitrogen and oxygen atoms in total. The van der Waals surface area contributed by atoms with Crippen molar-refractivity contribution in [1.82, 2.24) is 0 Å². The van der Waals surface area contributed by atoms with Crippen LogP contribution in [0.4, 0.5) is 0 Å². The summed E-state index contributed by atoms with van der Waals surface area (Å²) >= 11 is 0. The molecule has 0 saturated heterocycles. The van der Waals surface area contributed by atoms with Crippen LogP contribution in [-0.2, 0) is 0 Å². The fourth-order valence-electron chi connectivity index (χ4n) is 2.58. The van der Waals surface area contributed by atoms with Crippen LogP contribution in [0.3, 0.4) is 0 Å². The number of aliphatic hydroxyl groups is 1. The molecule has 0 aromatic heterocycles. The summed E-state index contributed by atoms with van der Waals surface area (Å²) in [6, 6.07) is 3.72. The first-order valence-corrected chi connectivity index (χ1v) is 6.26. The van der Waals surface area contributed by atoms with Gasteiger partial charge in [0.2, 0.25) is 0 Å². The molecule has 0 heterocycles. The van der Waals surface area contributed by atoms with Gasteiger partial charge in [-0.25, -0.2) is 0 Å². The van der Waals surface area contributed by atoms with Crippen LogP contribution in [0.1, 0.15) is 17.9 Å². The second-order valence-electron chi connectivity index (χ2n) is 4.93. The summed E-state index contributed by atoms with van der Waals surface area (Å²) in [6.07, 6.45) is 0.867. The summed E-state index contributed by atoms with van der Waals surface area (Å²) in [5.74, 6) is 2.24. The molecule has 0 radical (unpaired) electrons. The molecule has 1 aromatic carbocycles. The van der Waals surface area contributed by atoms with Gasteiger partial charge in [-0.2, -0.15) is 0 Å². The molecule has 5 heteroatoms. The topological polar surface area (TPSA) is 73.9 Å². The molecule has 1 saturated carbocycles. The average molecular weight is 267 g/mol. The molecule has 0 bridgehead atoms. The fourth-order valence-corrected chi connectivity index (χ4v) is 2.58. The highest BCUT2D eigenvalue weighted by atomic mass is 16.5. The molecule has 2 rings (SSSR count). The Morgan fingerprint density at radius 1 is 1.16 bits per heavy atom. The molecule has 19 heavy (non-hydrogen) atoms. The fraction of sp³-hybridized carbons (Fsp3) is 0.571. The van der Waals surface area contributed by atoms with Crippen molar-refractivity contribution in [3.05, 3.63) is 17.7 Å². The molecule has 0 amide bonds. The maximum Gasteiger partial charge on any atom is 0.164 e. The van der Waals surface area contributed by atoms with E-state index < -0.39 is 0 Å². The molecule has 106 valence electrons. The van der Waals surface area contributed by atoms with Crippen molar-refractivity contribution in [1.29, 1.82) is 0 Å². The summed E-state index contributed by atoms with van der Waals surface area (Å²) in [6.45, 7) is 0.553. The van der Waals surface area contributed by atoms with Crippen LogP contribution < -0.4 is 19.9 Å². The Bertz CT molecular complexity index is 457. The van der Waals surface area contributed by atoms with E-state index in [0.717, 1.165) is 17.7 Å². The minimum atomic E-state index is -0.215. The summed E-state index contributed by atoms with van der Waals surface area (Å²) in [5, 5.41) is 9.50. The van der Waals surface area contributed by atoms with Gasteiger partial charge >= 0.3 is 0 Å². The van der Waals surface area contributed by atoms with E-state index in [1.54, 1.807) is 21.3 Å². The van der Waals surface area contributed by atoms with Crippen molar-refractivity contribution in [3.63, 3.8) is 0 Å². The summed E-state index contributed by atoms with van der Waals surface area (Å²) < 4.78 is 16.0. The van der Waals surface area contributed by atoms with Crippen molar-refractivity contribution in [2.24, 2.45) is 11.1 Å². The van der Waals surface area contributed by atoms with Crippen molar-refractivity contribution in [3.8, 4) is 17.2 Å². The average Bonchev–Trinajstić information content (AvgIpc) is 3.20. The van der Waals surface area contributed by atoms with Crippen LogP contribution in [0, 0.1) is 5.41 Å². The van der Waals surface area contributed by atoms with Crippen LogP contribution >= 0.6 is 0 Å². The van der Waals surface area contributed by atoms with Crippen molar-refractivity contribution >= 4 is 0 Å². The van der Waals surface area contributed by atoms with Gasteiger partial charge in [-0.05, 0) is 18.4 Å². The van der Waals surface area contributed by atoms with Crippen molar-refractivity contribution < 1.29 is 19.3 Å². The van der Waals surface area contributed by atoms with Crippen molar-refractivity contribution in [2.45, 2.75) is 12.3 Å². The second-order valence-corrected chi connectivity index (χ2v) is 4.93. The number of hydrogen-bond acceptors (Lipinski definition) is 5. The molecule has 1 aliphatic carbocycles. The zero-order valence-electron chi connectivity index (χ0n) is 11.6. The first kappa shape index (κ1) is 14.0. The third-order valence-electron chi connectivity index (χ3n) is 4.02. The molecular weight excluding hydrogens is 246 g/mol. The number of rotatable bonds is 6. The van der Waals surface area contributed by atoms with Gasteiger partial charge < -0.3 is 25.1 Å². The Morgan fingerprint density at radius 2 is 1.74 bits per heavy atom. The van der Waals surface area contributed by atoms with Gasteiger partial charge in [0, 0.05) is 23.6 Å².